The van der Waals surface area contributed by atoms with Crippen LogP contribution in [-0.2, 0) is 4.74 Å². The van der Waals surface area contributed by atoms with Crippen LogP contribution in [0.1, 0.15) is 56.3 Å². The molecule has 1 unspecified atom stereocenters. The van der Waals surface area contributed by atoms with Crippen molar-refractivity contribution in [3.05, 3.63) is 16.1 Å². The molecule has 0 aromatic carbocycles. The van der Waals surface area contributed by atoms with Gasteiger partial charge in [-0.1, -0.05) is 0 Å². The Morgan fingerprint density at radius 2 is 2.32 bits per heavy atom. The Morgan fingerprint density at radius 1 is 1.63 bits per heavy atom. The monoisotopic (exact) mass is 283 g/mol. The Morgan fingerprint density at radius 3 is 2.89 bits per heavy atom. The number of ether oxygens (including phenoxy) is 1. The van der Waals surface area contributed by atoms with Gasteiger partial charge in [0.2, 0.25) is 0 Å². The van der Waals surface area contributed by atoms with E-state index in [2.05, 4.69) is 10.3 Å². The van der Waals surface area contributed by atoms with E-state index < -0.39 is 11.7 Å². The van der Waals surface area contributed by atoms with Crippen molar-refractivity contribution < 1.29 is 9.53 Å². The number of nitrogens with two attached hydrogens (primary N) is 1. The van der Waals surface area contributed by atoms with Crippen molar-refractivity contribution in [2.24, 2.45) is 5.73 Å². The van der Waals surface area contributed by atoms with E-state index in [1.807, 2.05) is 26.2 Å². The van der Waals surface area contributed by atoms with Gasteiger partial charge in [0.15, 0.2) is 0 Å². The summed E-state index contributed by atoms with van der Waals surface area (Å²) in [5.41, 5.74) is 6.37. The zero-order valence-electron chi connectivity index (χ0n) is 11.6. The first kappa shape index (κ1) is 14.3. The van der Waals surface area contributed by atoms with E-state index in [4.69, 9.17) is 10.5 Å². The number of nitrogens with one attached hydrogen (secondary N) is 1. The lowest BCUT2D eigenvalue weighted by Crippen LogP contribution is -2.36. The predicted molar refractivity (Wildman–Crippen MR) is 75.3 cm³/mol. The molecule has 1 aliphatic rings. The lowest BCUT2D eigenvalue weighted by molar-refractivity contribution is 0.0524. The Labute approximate surface area is 117 Å². The van der Waals surface area contributed by atoms with E-state index in [0.29, 0.717) is 12.5 Å². The number of nitrogens with zero attached hydrogens (tertiary/aromatic N) is 1. The lowest BCUT2D eigenvalue weighted by Gasteiger charge is -2.20. The minimum absolute atomic E-state index is 0.281. The summed E-state index contributed by atoms with van der Waals surface area (Å²) in [6.07, 6.45) is 2.03. The molecule has 6 heteroatoms. The Balaban J connectivity index is 1.79. The number of alkyl carbamates (subject to hydrolysis) is 1. The molecule has 2 rings (SSSR count). The van der Waals surface area contributed by atoms with Crippen LogP contribution in [0.2, 0.25) is 0 Å². The summed E-state index contributed by atoms with van der Waals surface area (Å²) in [5, 5.41) is 5.82. The minimum Gasteiger partial charge on any atom is -0.444 e. The highest BCUT2D eigenvalue weighted by Crippen LogP contribution is 2.41. The van der Waals surface area contributed by atoms with Crippen molar-refractivity contribution >= 4 is 17.4 Å². The first-order valence-corrected chi connectivity index (χ1v) is 7.41. The summed E-state index contributed by atoms with van der Waals surface area (Å²) in [4.78, 5) is 16.0. The van der Waals surface area contributed by atoms with Gasteiger partial charge in [-0.05, 0) is 33.6 Å². The molecule has 1 aliphatic carbocycles. The number of aromatic nitrogens is 1. The van der Waals surface area contributed by atoms with E-state index in [1.54, 1.807) is 11.3 Å². The van der Waals surface area contributed by atoms with Crippen molar-refractivity contribution in [3.63, 3.8) is 0 Å². The van der Waals surface area contributed by atoms with Crippen LogP contribution >= 0.6 is 11.3 Å². The van der Waals surface area contributed by atoms with Crippen LogP contribution in [0.5, 0.6) is 0 Å². The smallest absolute Gasteiger partial charge is 0.407 e. The number of hydrogen-bond acceptors (Lipinski definition) is 5. The highest BCUT2D eigenvalue weighted by atomic mass is 32.1. The molecule has 1 aromatic rings. The van der Waals surface area contributed by atoms with Crippen LogP contribution in [0, 0.1) is 0 Å². The maximum Gasteiger partial charge on any atom is 0.407 e. The standard InChI is InChI=1S/C13H21N3O2S/c1-13(2,3)18-12(17)15-6-9(14)10-7-19-11(16-10)8-4-5-8/h7-9H,4-6,14H2,1-3H3,(H,15,17). The molecule has 1 fully saturated rings. The number of amides is 1. The van der Waals surface area contributed by atoms with Crippen molar-refractivity contribution in [2.75, 3.05) is 6.54 Å². The molecule has 3 N–H and O–H groups in total. The van der Waals surface area contributed by atoms with Gasteiger partial charge in [-0.2, -0.15) is 0 Å². The van der Waals surface area contributed by atoms with Gasteiger partial charge in [0.25, 0.3) is 0 Å². The maximum atomic E-state index is 11.5. The zero-order valence-corrected chi connectivity index (χ0v) is 12.4. The lowest BCUT2D eigenvalue weighted by atomic mass is 10.2. The highest BCUT2D eigenvalue weighted by molar-refractivity contribution is 7.09. The molecule has 1 aromatic heterocycles. The molecule has 5 nitrogen and oxygen atoms in total. The molecule has 1 atom stereocenters. The summed E-state index contributed by atoms with van der Waals surface area (Å²) >= 11 is 1.66. The van der Waals surface area contributed by atoms with Gasteiger partial charge < -0.3 is 15.8 Å². The van der Waals surface area contributed by atoms with Gasteiger partial charge in [0.05, 0.1) is 16.7 Å². The SMILES string of the molecule is CC(C)(C)OC(=O)NCC(N)c1csc(C2CC2)n1. The fourth-order valence-electron chi connectivity index (χ4n) is 1.60. The second kappa shape index (κ2) is 5.46. The van der Waals surface area contributed by atoms with Crippen molar-refractivity contribution in [1.29, 1.82) is 0 Å². The largest absolute Gasteiger partial charge is 0.444 e. The molecular weight excluding hydrogens is 262 g/mol. The summed E-state index contributed by atoms with van der Waals surface area (Å²) in [7, 11) is 0. The van der Waals surface area contributed by atoms with Gasteiger partial charge in [-0.3, -0.25) is 0 Å². The van der Waals surface area contributed by atoms with Crippen LogP contribution in [0.3, 0.4) is 0 Å². The van der Waals surface area contributed by atoms with Crippen LogP contribution in [-0.4, -0.2) is 23.2 Å². The van der Waals surface area contributed by atoms with Crippen LogP contribution < -0.4 is 11.1 Å². The second-order valence-corrected chi connectivity index (χ2v) is 6.76. The van der Waals surface area contributed by atoms with Crippen molar-refractivity contribution in [1.82, 2.24) is 10.3 Å². The Bertz CT molecular complexity index is 449. The van der Waals surface area contributed by atoms with Crippen LogP contribution in [0.15, 0.2) is 5.38 Å². The van der Waals surface area contributed by atoms with Crippen molar-refractivity contribution in [3.8, 4) is 0 Å². The average Bonchev–Trinajstić information content (AvgIpc) is 3.02. The van der Waals surface area contributed by atoms with Crippen molar-refractivity contribution in [2.45, 2.75) is 51.2 Å². The molecule has 0 radical (unpaired) electrons. The van der Waals surface area contributed by atoms with E-state index in [9.17, 15) is 4.79 Å². The van der Waals surface area contributed by atoms with Gasteiger partial charge in [-0.25, -0.2) is 9.78 Å². The predicted octanol–water partition coefficient (Wildman–Crippen LogP) is 2.55. The average molecular weight is 283 g/mol. The summed E-state index contributed by atoms with van der Waals surface area (Å²) in [6, 6.07) is -0.281. The third-order valence-corrected chi connectivity index (χ3v) is 3.74. The van der Waals surface area contributed by atoms with E-state index >= 15 is 0 Å². The normalized spacial score (nSPS) is 17.1. The van der Waals surface area contributed by atoms with Crippen LogP contribution in [0.25, 0.3) is 0 Å². The number of carbonyl (C=O) groups is 1. The maximum absolute atomic E-state index is 11.5. The number of hydrogen-bond donors (Lipinski definition) is 2. The van der Waals surface area contributed by atoms with Gasteiger partial charge >= 0.3 is 6.09 Å². The minimum atomic E-state index is -0.492. The van der Waals surface area contributed by atoms with Crippen LogP contribution in [0.4, 0.5) is 4.79 Å². The fourth-order valence-corrected chi connectivity index (χ4v) is 2.66. The molecule has 1 heterocycles. The van der Waals surface area contributed by atoms with Gasteiger partial charge in [0.1, 0.15) is 5.60 Å². The molecule has 0 bridgehead atoms. The second-order valence-electron chi connectivity index (χ2n) is 5.87. The molecule has 106 valence electrons. The molecule has 1 saturated carbocycles. The number of thiazole rings is 1. The van der Waals surface area contributed by atoms with E-state index in [1.165, 1.54) is 17.8 Å². The number of carbonyl (C=O) groups excluding carboxylic acids is 1. The third kappa shape index (κ3) is 4.47. The summed E-state index contributed by atoms with van der Waals surface area (Å²) < 4.78 is 5.15. The number of rotatable bonds is 4. The Hall–Kier alpha value is -1.14. The third-order valence-electron chi connectivity index (χ3n) is 2.71. The fraction of sp³-hybridized carbons (Fsp3) is 0.692. The molecule has 1 amide bonds. The molecule has 19 heavy (non-hydrogen) atoms. The van der Waals surface area contributed by atoms with E-state index in [0.717, 1.165) is 5.69 Å². The summed E-state index contributed by atoms with van der Waals surface area (Å²) in [5.74, 6) is 0.643. The highest BCUT2D eigenvalue weighted by Gasteiger charge is 2.27. The molecular formula is C13H21N3O2S. The van der Waals surface area contributed by atoms with Gasteiger partial charge in [-0.15, -0.1) is 11.3 Å². The molecule has 0 spiro atoms. The first-order chi connectivity index (χ1) is 8.85. The van der Waals surface area contributed by atoms with Gasteiger partial charge in [0, 0.05) is 17.8 Å². The molecule has 0 saturated heterocycles. The first-order valence-electron chi connectivity index (χ1n) is 6.53. The molecule has 0 aliphatic heterocycles. The zero-order chi connectivity index (χ0) is 14.0. The Kier molecular flexibility index (Phi) is 4.10. The quantitative estimate of drug-likeness (QED) is 0.890. The topological polar surface area (TPSA) is 77.2 Å². The summed E-state index contributed by atoms with van der Waals surface area (Å²) in [6.45, 7) is 5.82. The van der Waals surface area contributed by atoms with E-state index in [-0.39, 0.29) is 6.04 Å².